The predicted molar refractivity (Wildman–Crippen MR) is 53.8 cm³/mol. The number of hydrogen-bond donors (Lipinski definition) is 0. The van der Waals surface area contributed by atoms with E-state index < -0.39 is 41.6 Å². The summed E-state index contributed by atoms with van der Waals surface area (Å²) >= 11 is 0. The molecule has 0 radical (unpaired) electrons. The molecule has 0 fully saturated rings. The average Bonchev–Trinajstić information content (AvgIpc) is 2.34. The van der Waals surface area contributed by atoms with Crippen molar-refractivity contribution in [2.24, 2.45) is 0 Å². The van der Waals surface area contributed by atoms with Crippen molar-refractivity contribution in [1.29, 1.82) is 0 Å². The summed E-state index contributed by atoms with van der Waals surface area (Å²) in [6.45, 7) is 0. The lowest BCUT2D eigenvalue weighted by molar-refractivity contribution is -0.276. The molecule has 1 aromatic rings. The van der Waals surface area contributed by atoms with Gasteiger partial charge in [0.2, 0.25) is 5.88 Å². The first-order valence-corrected chi connectivity index (χ1v) is 4.90. The zero-order valence-electron chi connectivity index (χ0n) is 10.1. The second kappa shape index (κ2) is 5.88. The van der Waals surface area contributed by atoms with Gasteiger partial charge in [0.25, 0.3) is 6.43 Å². The van der Waals surface area contributed by atoms with Crippen LogP contribution in [0.15, 0.2) is 6.07 Å². The average molecular weight is 301 g/mol. The first-order valence-electron chi connectivity index (χ1n) is 4.90. The van der Waals surface area contributed by atoms with Gasteiger partial charge >= 0.3 is 12.3 Å². The predicted octanol–water partition coefficient (Wildman–Crippen LogP) is 2.71. The molecule has 0 aliphatic rings. The Hall–Kier alpha value is -2.13. The van der Waals surface area contributed by atoms with Gasteiger partial charge in [-0.2, -0.15) is 0 Å². The molecular formula is C10H8F5NO4. The van der Waals surface area contributed by atoms with Crippen molar-refractivity contribution in [3.63, 3.8) is 0 Å². The molecule has 20 heavy (non-hydrogen) atoms. The summed E-state index contributed by atoms with van der Waals surface area (Å²) in [6, 6.07) is 0.337. The Morgan fingerprint density at radius 1 is 1.30 bits per heavy atom. The topological polar surface area (TPSA) is 57.7 Å². The van der Waals surface area contributed by atoms with Crippen molar-refractivity contribution in [2.75, 3.05) is 14.2 Å². The van der Waals surface area contributed by atoms with E-state index in [9.17, 15) is 26.7 Å². The molecule has 0 saturated carbocycles. The summed E-state index contributed by atoms with van der Waals surface area (Å²) in [5.74, 6) is -3.13. The second-order valence-electron chi connectivity index (χ2n) is 3.27. The first kappa shape index (κ1) is 15.9. The van der Waals surface area contributed by atoms with E-state index in [0.717, 1.165) is 14.2 Å². The number of methoxy groups -OCH3 is 2. The molecule has 0 saturated heterocycles. The Morgan fingerprint density at radius 2 is 1.90 bits per heavy atom. The van der Waals surface area contributed by atoms with Gasteiger partial charge in [0.15, 0.2) is 11.4 Å². The van der Waals surface area contributed by atoms with Crippen LogP contribution >= 0.6 is 0 Å². The summed E-state index contributed by atoms with van der Waals surface area (Å²) in [7, 11) is 1.86. The summed E-state index contributed by atoms with van der Waals surface area (Å²) in [4.78, 5) is 14.5. The van der Waals surface area contributed by atoms with E-state index in [1.165, 1.54) is 0 Å². The Bertz CT molecular complexity index is 503. The quantitative estimate of drug-likeness (QED) is 0.632. The number of nitrogens with zero attached hydrogens (tertiary/aromatic N) is 1. The third kappa shape index (κ3) is 3.68. The van der Waals surface area contributed by atoms with Crippen LogP contribution in [0.1, 0.15) is 22.5 Å². The van der Waals surface area contributed by atoms with Crippen LogP contribution < -0.4 is 9.47 Å². The normalized spacial score (nSPS) is 11.4. The van der Waals surface area contributed by atoms with Gasteiger partial charge in [0.05, 0.1) is 19.8 Å². The van der Waals surface area contributed by atoms with Gasteiger partial charge in [-0.1, -0.05) is 0 Å². The summed E-state index contributed by atoms with van der Waals surface area (Å²) in [5, 5.41) is 0. The van der Waals surface area contributed by atoms with E-state index in [-0.39, 0.29) is 0 Å². The molecule has 5 nitrogen and oxygen atoms in total. The maximum Gasteiger partial charge on any atom is 0.574 e. The fourth-order valence-corrected chi connectivity index (χ4v) is 1.31. The first-order chi connectivity index (χ1) is 9.19. The lowest BCUT2D eigenvalue weighted by Gasteiger charge is -2.14. The second-order valence-corrected chi connectivity index (χ2v) is 3.27. The minimum absolute atomic E-state index is 0.337. The SMILES string of the molecule is COC(=O)c1nc(OC(F)(F)F)cc(C(F)F)c1OC. The van der Waals surface area contributed by atoms with Crippen molar-refractivity contribution >= 4 is 5.97 Å². The van der Waals surface area contributed by atoms with Crippen LogP contribution in [-0.2, 0) is 4.74 Å². The summed E-state index contributed by atoms with van der Waals surface area (Å²) < 4.78 is 74.0. The van der Waals surface area contributed by atoms with Crippen LogP contribution in [0, 0.1) is 0 Å². The van der Waals surface area contributed by atoms with Gasteiger partial charge in [-0.05, 0) is 0 Å². The van der Waals surface area contributed by atoms with Crippen molar-refractivity contribution in [2.45, 2.75) is 12.8 Å². The molecule has 0 aliphatic heterocycles. The monoisotopic (exact) mass is 301 g/mol. The van der Waals surface area contributed by atoms with Crippen molar-refractivity contribution < 1.29 is 41.0 Å². The van der Waals surface area contributed by atoms with Gasteiger partial charge in [-0.25, -0.2) is 18.6 Å². The highest BCUT2D eigenvalue weighted by molar-refractivity contribution is 5.91. The highest BCUT2D eigenvalue weighted by Gasteiger charge is 2.34. The van der Waals surface area contributed by atoms with E-state index in [0.29, 0.717) is 6.07 Å². The van der Waals surface area contributed by atoms with Crippen molar-refractivity contribution in [3.05, 3.63) is 17.3 Å². The van der Waals surface area contributed by atoms with E-state index in [1.807, 2.05) is 0 Å². The molecular weight excluding hydrogens is 293 g/mol. The number of pyridine rings is 1. The number of aromatic nitrogens is 1. The van der Waals surface area contributed by atoms with Gasteiger partial charge in [-0.3, -0.25) is 0 Å². The van der Waals surface area contributed by atoms with Crippen LogP contribution in [0.4, 0.5) is 22.0 Å². The van der Waals surface area contributed by atoms with Crippen LogP contribution in [0.2, 0.25) is 0 Å². The fourth-order valence-electron chi connectivity index (χ4n) is 1.31. The molecule has 10 heteroatoms. The molecule has 0 amide bonds. The molecule has 0 atom stereocenters. The molecule has 1 heterocycles. The zero-order chi connectivity index (χ0) is 15.5. The maximum absolute atomic E-state index is 12.8. The van der Waals surface area contributed by atoms with E-state index in [4.69, 9.17) is 0 Å². The molecule has 112 valence electrons. The summed E-state index contributed by atoms with van der Waals surface area (Å²) in [5.41, 5.74) is -1.81. The summed E-state index contributed by atoms with van der Waals surface area (Å²) in [6.07, 6.45) is -8.35. The van der Waals surface area contributed by atoms with Crippen molar-refractivity contribution in [1.82, 2.24) is 4.98 Å². The van der Waals surface area contributed by atoms with Gasteiger partial charge in [0.1, 0.15) is 0 Å². The third-order valence-corrected chi connectivity index (χ3v) is 2.02. The number of carbonyl (C=O) groups is 1. The molecule has 0 spiro atoms. The van der Waals surface area contributed by atoms with E-state index >= 15 is 0 Å². The number of halogens is 5. The Morgan fingerprint density at radius 3 is 2.30 bits per heavy atom. The number of carbonyl (C=O) groups excluding carboxylic acids is 1. The molecule has 0 unspecified atom stereocenters. The zero-order valence-corrected chi connectivity index (χ0v) is 10.1. The lowest BCUT2D eigenvalue weighted by atomic mass is 10.2. The number of rotatable bonds is 4. The lowest BCUT2D eigenvalue weighted by Crippen LogP contribution is -2.19. The number of ether oxygens (including phenoxy) is 3. The standard InChI is InChI=1S/C10H8F5NO4/c1-18-7-4(8(11)12)3-5(20-10(13,14)15)16-6(7)9(17)19-2/h3,8H,1-2H3. The molecule has 0 bridgehead atoms. The molecule has 1 aromatic heterocycles. The molecule has 0 aromatic carbocycles. The molecule has 1 rings (SSSR count). The molecule has 0 aliphatic carbocycles. The maximum atomic E-state index is 12.8. The van der Waals surface area contributed by atoms with E-state index in [1.54, 1.807) is 0 Å². The fraction of sp³-hybridized carbons (Fsp3) is 0.400. The van der Waals surface area contributed by atoms with Crippen molar-refractivity contribution in [3.8, 4) is 11.6 Å². The van der Waals surface area contributed by atoms with Gasteiger partial charge in [-0.15, -0.1) is 13.2 Å². The van der Waals surface area contributed by atoms with E-state index in [2.05, 4.69) is 19.2 Å². The smallest absolute Gasteiger partial charge is 0.494 e. The van der Waals surface area contributed by atoms with Gasteiger partial charge in [0, 0.05) is 6.07 Å². The highest BCUT2D eigenvalue weighted by Crippen LogP contribution is 2.35. The number of esters is 1. The highest BCUT2D eigenvalue weighted by atomic mass is 19.4. The van der Waals surface area contributed by atoms with Crippen LogP contribution in [0.25, 0.3) is 0 Å². The Kier molecular flexibility index (Phi) is 4.69. The Balaban J connectivity index is 3.43. The van der Waals surface area contributed by atoms with Crippen LogP contribution in [0.5, 0.6) is 11.6 Å². The minimum Gasteiger partial charge on any atom is -0.494 e. The van der Waals surface area contributed by atoms with Crippen LogP contribution in [0.3, 0.4) is 0 Å². The Labute approximate surface area is 109 Å². The molecule has 0 N–H and O–H groups in total. The number of hydrogen-bond acceptors (Lipinski definition) is 5. The number of alkyl halides is 5. The third-order valence-electron chi connectivity index (χ3n) is 2.02. The minimum atomic E-state index is -5.14. The van der Waals surface area contributed by atoms with Crippen LogP contribution in [-0.4, -0.2) is 31.5 Å². The largest absolute Gasteiger partial charge is 0.574 e. The van der Waals surface area contributed by atoms with Gasteiger partial charge < -0.3 is 14.2 Å².